The van der Waals surface area contributed by atoms with Gasteiger partial charge >= 0.3 is 6.03 Å². The Balaban J connectivity index is 2.18. The summed E-state index contributed by atoms with van der Waals surface area (Å²) in [6.45, 7) is 4.09. The average Bonchev–Trinajstić information content (AvgIpc) is 2.66. The first-order valence-electron chi connectivity index (χ1n) is 8.81. The van der Waals surface area contributed by atoms with Crippen LogP contribution in [0.2, 0.25) is 0 Å². The van der Waals surface area contributed by atoms with Crippen molar-refractivity contribution in [2.24, 2.45) is 0 Å². The molecule has 2 aromatic rings. The number of nitrogens with one attached hydrogen (secondary N) is 2. The normalized spacial score (nSPS) is 16.6. The SMILES string of the molecule is CCCOc1ccc(Br)cc1[C@@H]1NC(=O)NC(c2ccccc2)=C1C(C)=O. The molecule has 1 heterocycles. The summed E-state index contributed by atoms with van der Waals surface area (Å²) in [6.07, 6.45) is 0.860. The molecule has 6 heteroatoms. The molecule has 0 spiro atoms. The summed E-state index contributed by atoms with van der Waals surface area (Å²) in [5.41, 5.74) is 2.55. The summed E-state index contributed by atoms with van der Waals surface area (Å²) in [7, 11) is 0. The van der Waals surface area contributed by atoms with E-state index in [0.29, 0.717) is 23.6 Å². The Bertz CT molecular complexity index is 894. The molecule has 2 aromatic carbocycles. The fourth-order valence-corrected chi connectivity index (χ4v) is 3.48. The van der Waals surface area contributed by atoms with Gasteiger partial charge in [-0.3, -0.25) is 4.79 Å². The van der Waals surface area contributed by atoms with Gasteiger partial charge < -0.3 is 15.4 Å². The highest BCUT2D eigenvalue weighted by atomic mass is 79.9. The van der Waals surface area contributed by atoms with E-state index < -0.39 is 6.04 Å². The quantitative estimate of drug-likeness (QED) is 0.706. The zero-order valence-electron chi connectivity index (χ0n) is 15.2. The number of carbonyl (C=O) groups excluding carboxylic acids is 2. The number of rotatable bonds is 6. The number of benzene rings is 2. The Hall–Kier alpha value is -2.60. The molecule has 0 aliphatic carbocycles. The molecule has 0 bridgehead atoms. The zero-order chi connectivity index (χ0) is 19.4. The standard InChI is InChI=1S/C21H21BrN2O3/c1-3-11-27-17-10-9-15(22)12-16(17)20-18(13(2)25)19(23-21(26)24-20)14-7-5-4-6-8-14/h4-10,12,20H,3,11H2,1-2H3,(H2,23,24,26)/t20-/m0/s1. The summed E-state index contributed by atoms with van der Waals surface area (Å²) in [4.78, 5) is 25.0. The third-order valence-electron chi connectivity index (χ3n) is 4.26. The maximum Gasteiger partial charge on any atom is 0.320 e. The van der Waals surface area contributed by atoms with Crippen molar-refractivity contribution in [3.05, 3.63) is 69.7 Å². The Labute approximate surface area is 166 Å². The number of hydrogen-bond acceptors (Lipinski definition) is 3. The lowest BCUT2D eigenvalue weighted by molar-refractivity contribution is -0.113. The van der Waals surface area contributed by atoms with Gasteiger partial charge in [-0.05, 0) is 37.1 Å². The van der Waals surface area contributed by atoms with Crippen molar-refractivity contribution in [2.45, 2.75) is 26.3 Å². The second kappa shape index (κ2) is 8.39. The van der Waals surface area contributed by atoms with Gasteiger partial charge in [0.2, 0.25) is 0 Å². The van der Waals surface area contributed by atoms with Crippen molar-refractivity contribution in [2.75, 3.05) is 6.61 Å². The first kappa shape index (κ1) is 19.2. The number of amides is 2. The third kappa shape index (κ3) is 4.22. The maximum absolute atomic E-state index is 12.6. The third-order valence-corrected chi connectivity index (χ3v) is 4.75. The number of ether oxygens (including phenoxy) is 1. The van der Waals surface area contributed by atoms with Gasteiger partial charge in [-0.15, -0.1) is 0 Å². The van der Waals surface area contributed by atoms with Crippen LogP contribution in [0.4, 0.5) is 4.79 Å². The van der Waals surface area contributed by atoms with Crippen molar-refractivity contribution in [1.29, 1.82) is 0 Å². The van der Waals surface area contributed by atoms with E-state index in [2.05, 4.69) is 26.6 Å². The summed E-state index contributed by atoms with van der Waals surface area (Å²) in [6, 6.07) is 14.0. The molecule has 1 aliphatic heterocycles. The van der Waals surface area contributed by atoms with E-state index in [-0.39, 0.29) is 11.8 Å². The first-order chi connectivity index (χ1) is 13.0. The monoisotopic (exact) mass is 428 g/mol. The minimum Gasteiger partial charge on any atom is -0.493 e. The summed E-state index contributed by atoms with van der Waals surface area (Å²) >= 11 is 3.48. The van der Waals surface area contributed by atoms with Gasteiger partial charge in [-0.25, -0.2) is 4.79 Å². The predicted octanol–water partition coefficient (Wildman–Crippen LogP) is 4.59. The minimum absolute atomic E-state index is 0.118. The van der Waals surface area contributed by atoms with Crippen LogP contribution in [0.5, 0.6) is 5.75 Å². The molecule has 5 nitrogen and oxygen atoms in total. The van der Waals surface area contributed by atoms with Crippen LogP contribution >= 0.6 is 15.9 Å². The van der Waals surface area contributed by atoms with E-state index in [1.54, 1.807) is 0 Å². The molecule has 1 atom stereocenters. The number of Topliss-reactive ketones (excluding diaryl/α,β-unsaturated/α-hetero) is 1. The Morgan fingerprint density at radius 3 is 2.59 bits per heavy atom. The lowest BCUT2D eigenvalue weighted by Crippen LogP contribution is -2.44. The van der Waals surface area contributed by atoms with Crippen LogP contribution in [0, 0.1) is 0 Å². The van der Waals surface area contributed by atoms with Crippen LogP contribution in [-0.4, -0.2) is 18.4 Å². The van der Waals surface area contributed by atoms with Gasteiger partial charge in [0, 0.05) is 15.6 Å². The Morgan fingerprint density at radius 2 is 1.93 bits per heavy atom. The molecule has 2 amide bonds. The molecule has 2 N–H and O–H groups in total. The van der Waals surface area contributed by atoms with Crippen LogP contribution in [0.1, 0.15) is 37.4 Å². The number of ketones is 1. The van der Waals surface area contributed by atoms with Gasteiger partial charge in [0.25, 0.3) is 0 Å². The number of hydrogen-bond donors (Lipinski definition) is 2. The summed E-state index contributed by atoms with van der Waals surface area (Å²) in [5, 5.41) is 5.68. The van der Waals surface area contributed by atoms with Gasteiger partial charge in [0.05, 0.1) is 18.3 Å². The molecule has 1 aliphatic rings. The molecule has 0 unspecified atom stereocenters. The van der Waals surface area contributed by atoms with Crippen molar-refractivity contribution < 1.29 is 14.3 Å². The molecular weight excluding hydrogens is 408 g/mol. The molecule has 0 saturated heterocycles. The molecule has 3 rings (SSSR count). The molecule has 140 valence electrons. The number of halogens is 1. The van der Waals surface area contributed by atoms with Crippen molar-refractivity contribution in [1.82, 2.24) is 10.6 Å². The Morgan fingerprint density at radius 1 is 1.19 bits per heavy atom. The van der Waals surface area contributed by atoms with Crippen molar-refractivity contribution >= 4 is 33.4 Å². The highest BCUT2D eigenvalue weighted by Gasteiger charge is 2.33. The molecule has 27 heavy (non-hydrogen) atoms. The van der Waals surface area contributed by atoms with Gasteiger partial charge in [-0.2, -0.15) is 0 Å². The van der Waals surface area contributed by atoms with Crippen LogP contribution in [-0.2, 0) is 4.79 Å². The average molecular weight is 429 g/mol. The van der Waals surface area contributed by atoms with Crippen molar-refractivity contribution in [3.63, 3.8) is 0 Å². The Kier molecular flexibility index (Phi) is 5.96. The van der Waals surface area contributed by atoms with E-state index in [9.17, 15) is 9.59 Å². The van der Waals surface area contributed by atoms with E-state index in [0.717, 1.165) is 22.0 Å². The largest absolute Gasteiger partial charge is 0.493 e. The van der Waals surface area contributed by atoms with E-state index in [1.165, 1.54) is 6.92 Å². The topological polar surface area (TPSA) is 67.4 Å². The van der Waals surface area contributed by atoms with Gasteiger partial charge in [0.15, 0.2) is 5.78 Å². The second-order valence-electron chi connectivity index (χ2n) is 6.27. The van der Waals surface area contributed by atoms with E-state index in [4.69, 9.17) is 4.74 Å². The smallest absolute Gasteiger partial charge is 0.320 e. The van der Waals surface area contributed by atoms with Gasteiger partial charge in [-0.1, -0.05) is 53.2 Å². The molecule has 0 fully saturated rings. The fraction of sp³-hybridized carbons (Fsp3) is 0.238. The maximum atomic E-state index is 12.6. The van der Waals surface area contributed by atoms with Crippen LogP contribution in [0.3, 0.4) is 0 Å². The van der Waals surface area contributed by atoms with Crippen LogP contribution < -0.4 is 15.4 Å². The van der Waals surface area contributed by atoms with Crippen LogP contribution in [0.15, 0.2) is 58.6 Å². The fourth-order valence-electron chi connectivity index (χ4n) is 3.10. The van der Waals surface area contributed by atoms with Crippen LogP contribution in [0.25, 0.3) is 5.70 Å². The summed E-state index contributed by atoms with van der Waals surface area (Å²) < 4.78 is 6.72. The molecule has 0 aromatic heterocycles. The summed E-state index contributed by atoms with van der Waals surface area (Å²) in [5.74, 6) is 0.534. The molecular formula is C21H21BrN2O3. The zero-order valence-corrected chi connectivity index (χ0v) is 16.8. The molecule has 0 saturated carbocycles. The highest BCUT2D eigenvalue weighted by Crippen LogP contribution is 2.37. The minimum atomic E-state index is -0.601. The lowest BCUT2D eigenvalue weighted by atomic mass is 9.90. The van der Waals surface area contributed by atoms with Crippen molar-refractivity contribution in [3.8, 4) is 5.75 Å². The number of carbonyl (C=O) groups is 2. The lowest BCUT2D eigenvalue weighted by Gasteiger charge is -2.30. The van der Waals surface area contributed by atoms with E-state index >= 15 is 0 Å². The second-order valence-corrected chi connectivity index (χ2v) is 7.19. The van der Waals surface area contributed by atoms with Gasteiger partial charge in [0.1, 0.15) is 5.75 Å². The van der Waals surface area contributed by atoms with E-state index in [1.807, 2.05) is 55.5 Å². The highest BCUT2D eigenvalue weighted by molar-refractivity contribution is 9.10. The first-order valence-corrected chi connectivity index (χ1v) is 9.60. The molecule has 0 radical (unpaired) electrons. The number of urea groups is 1. The predicted molar refractivity (Wildman–Crippen MR) is 108 cm³/mol.